The minimum atomic E-state index is 0.137. The van der Waals surface area contributed by atoms with Crippen molar-refractivity contribution in [2.75, 3.05) is 6.54 Å². The fourth-order valence-electron chi connectivity index (χ4n) is 2.04. The first-order chi connectivity index (χ1) is 9.52. The molecule has 0 amide bonds. The predicted molar refractivity (Wildman–Crippen MR) is 93.4 cm³/mol. The first kappa shape index (κ1) is 16.3. The topological polar surface area (TPSA) is 12.0 Å². The average Bonchev–Trinajstić information content (AvgIpc) is 2.73. The molecule has 5 heteroatoms. The van der Waals surface area contributed by atoms with Crippen LogP contribution in [0.4, 0.5) is 0 Å². The van der Waals surface area contributed by atoms with Gasteiger partial charge in [-0.25, -0.2) is 0 Å². The number of aryl methyl sites for hydroxylation is 1. The van der Waals surface area contributed by atoms with E-state index < -0.39 is 0 Å². The number of halogens is 3. The van der Waals surface area contributed by atoms with E-state index in [2.05, 4.69) is 41.2 Å². The van der Waals surface area contributed by atoms with Gasteiger partial charge in [0.15, 0.2) is 0 Å². The van der Waals surface area contributed by atoms with Crippen LogP contribution in [0.2, 0.25) is 10.0 Å². The molecular weight excluding hydrogens is 377 g/mol. The Morgan fingerprint density at radius 1 is 1.25 bits per heavy atom. The number of benzene rings is 1. The lowest BCUT2D eigenvalue weighted by Crippen LogP contribution is -2.22. The van der Waals surface area contributed by atoms with Crippen LogP contribution < -0.4 is 5.32 Å². The zero-order valence-electron chi connectivity index (χ0n) is 11.3. The Bertz CT molecular complexity index is 598. The van der Waals surface area contributed by atoms with E-state index in [1.807, 2.05) is 18.2 Å². The van der Waals surface area contributed by atoms with Crippen LogP contribution in [0.15, 0.2) is 28.7 Å². The molecule has 1 heterocycles. The number of nitrogens with one attached hydrogen (secondary N) is 1. The van der Waals surface area contributed by atoms with Crippen LogP contribution in [0.5, 0.6) is 0 Å². The van der Waals surface area contributed by atoms with Crippen LogP contribution in [0.1, 0.15) is 34.7 Å². The van der Waals surface area contributed by atoms with Crippen molar-refractivity contribution in [1.82, 2.24) is 5.32 Å². The summed E-state index contributed by atoms with van der Waals surface area (Å²) >= 11 is 17.6. The molecule has 2 aromatic rings. The maximum absolute atomic E-state index is 6.16. The zero-order valence-corrected chi connectivity index (χ0v) is 15.3. The van der Waals surface area contributed by atoms with Gasteiger partial charge in [-0.2, -0.15) is 0 Å². The van der Waals surface area contributed by atoms with Gasteiger partial charge >= 0.3 is 0 Å². The molecule has 0 saturated heterocycles. The molecule has 1 nitrogen and oxygen atoms in total. The average molecular weight is 393 g/mol. The SMILES string of the molecule is CCCNC(c1ccc(Cl)c(Cl)c1)c1sc(C)cc1Br. The van der Waals surface area contributed by atoms with Crippen molar-refractivity contribution in [2.45, 2.75) is 26.3 Å². The van der Waals surface area contributed by atoms with Crippen LogP contribution >= 0.6 is 50.5 Å². The van der Waals surface area contributed by atoms with Crippen molar-refractivity contribution < 1.29 is 0 Å². The Morgan fingerprint density at radius 2 is 2.00 bits per heavy atom. The molecule has 1 aromatic heterocycles. The summed E-state index contributed by atoms with van der Waals surface area (Å²) in [7, 11) is 0. The highest BCUT2D eigenvalue weighted by atomic mass is 79.9. The first-order valence-electron chi connectivity index (χ1n) is 6.47. The molecule has 0 aliphatic rings. The summed E-state index contributed by atoms with van der Waals surface area (Å²) in [5, 5.41) is 4.76. The first-order valence-corrected chi connectivity index (χ1v) is 8.83. The Labute approximate surface area is 142 Å². The van der Waals surface area contributed by atoms with E-state index in [0.29, 0.717) is 10.0 Å². The van der Waals surface area contributed by atoms with Crippen molar-refractivity contribution in [3.63, 3.8) is 0 Å². The molecule has 2 rings (SSSR count). The Morgan fingerprint density at radius 3 is 2.55 bits per heavy atom. The second kappa shape index (κ2) is 7.28. The van der Waals surface area contributed by atoms with Crippen LogP contribution in [-0.4, -0.2) is 6.54 Å². The Hall–Kier alpha value is -0.0600. The third-order valence-electron chi connectivity index (χ3n) is 2.97. The van der Waals surface area contributed by atoms with Gasteiger partial charge in [-0.15, -0.1) is 11.3 Å². The standard InChI is InChI=1S/C15H16BrCl2NS/c1-3-6-19-14(15-11(16)7-9(2)20-15)10-4-5-12(17)13(18)8-10/h4-5,7-8,14,19H,3,6H2,1-2H3. The second-order valence-corrected chi connectivity index (χ2v) is 7.59. The number of thiophene rings is 1. The summed E-state index contributed by atoms with van der Waals surface area (Å²) in [6.07, 6.45) is 1.08. The van der Waals surface area contributed by atoms with E-state index in [1.54, 1.807) is 11.3 Å². The Balaban J connectivity index is 2.41. The summed E-state index contributed by atoms with van der Waals surface area (Å²) in [5.74, 6) is 0. The van der Waals surface area contributed by atoms with Crippen molar-refractivity contribution in [1.29, 1.82) is 0 Å². The Kier molecular flexibility index (Phi) is 5.94. The molecule has 1 aromatic carbocycles. The van der Waals surface area contributed by atoms with Gasteiger partial charge in [-0.05, 0) is 59.6 Å². The lowest BCUT2D eigenvalue weighted by molar-refractivity contribution is 0.604. The fourth-order valence-corrected chi connectivity index (χ4v) is 4.33. The maximum Gasteiger partial charge on any atom is 0.0683 e. The summed E-state index contributed by atoms with van der Waals surface area (Å²) in [5.41, 5.74) is 1.13. The van der Waals surface area contributed by atoms with Gasteiger partial charge in [0.2, 0.25) is 0 Å². The molecule has 0 aliphatic heterocycles. The lowest BCUT2D eigenvalue weighted by Gasteiger charge is -2.19. The molecule has 0 bridgehead atoms. The summed E-state index contributed by atoms with van der Waals surface area (Å²) in [4.78, 5) is 2.56. The van der Waals surface area contributed by atoms with Crippen molar-refractivity contribution in [2.24, 2.45) is 0 Å². The van der Waals surface area contributed by atoms with Crippen molar-refractivity contribution >= 4 is 50.5 Å². The number of hydrogen-bond acceptors (Lipinski definition) is 2. The minimum absolute atomic E-state index is 0.137. The van der Waals surface area contributed by atoms with Crippen LogP contribution in [0, 0.1) is 6.92 Å². The highest BCUT2D eigenvalue weighted by Gasteiger charge is 2.19. The van der Waals surface area contributed by atoms with E-state index in [0.717, 1.165) is 23.0 Å². The molecule has 0 spiro atoms. The van der Waals surface area contributed by atoms with Crippen molar-refractivity contribution in [3.05, 3.63) is 54.1 Å². The monoisotopic (exact) mass is 391 g/mol. The molecule has 0 radical (unpaired) electrons. The van der Waals surface area contributed by atoms with Gasteiger partial charge in [0, 0.05) is 14.2 Å². The molecule has 108 valence electrons. The third-order valence-corrected chi connectivity index (χ3v) is 5.75. The number of rotatable bonds is 5. The number of hydrogen-bond donors (Lipinski definition) is 1. The second-order valence-electron chi connectivity index (χ2n) is 4.63. The largest absolute Gasteiger partial charge is 0.306 e. The quantitative estimate of drug-likeness (QED) is 0.637. The zero-order chi connectivity index (χ0) is 14.7. The molecule has 20 heavy (non-hydrogen) atoms. The van der Waals surface area contributed by atoms with E-state index in [9.17, 15) is 0 Å². The molecule has 0 fully saturated rings. The minimum Gasteiger partial charge on any atom is -0.306 e. The fraction of sp³-hybridized carbons (Fsp3) is 0.333. The summed E-state index contributed by atoms with van der Waals surface area (Å²) in [6.45, 7) is 5.23. The normalized spacial score (nSPS) is 12.7. The van der Waals surface area contributed by atoms with Gasteiger partial charge in [-0.3, -0.25) is 0 Å². The third kappa shape index (κ3) is 3.77. The van der Waals surface area contributed by atoms with Gasteiger partial charge < -0.3 is 5.32 Å². The molecule has 1 unspecified atom stereocenters. The van der Waals surface area contributed by atoms with E-state index >= 15 is 0 Å². The van der Waals surface area contributed by atoms with Gasteiger partial charge in [0.1, 0.15) is 0 Å². The smallest absolute Gasteiger partial charge is 0.0683 e. The molecule has 0 aliphatic carbocycles. The van der Waals surface area contributed by atoms with Crippen LogP contribution in [0.25, 0.3) is 0 Å². The van der Waals surface area contributed by atoms with Crippen molar-refractivity contribution in [3.8, 4) is 0 Å². The van der Waals surface area contributed by atoms with E-state index in [4.69, 9.17) is 23.2 Å². The van der Waals surface area contributed by atoms with Gasteiger partial charge in [0.25, 0.3) is 0 Å². The summed E-state index contributed by atoms with van der Waals surface area (Å²) in [6, 6.07) is 8.12. The molecule has 1 N–H and O–H groups in total. The highest BCUT2D eigenvalue weighted by Crippen LogP contribution is 2.37. The van der Waals surface area contributed by atoms with E-state index in [1.165, 1.54) is 9.75 Å². The lowest BCUT2D eigenvalue weighted by atomic mass is 10.1. The van der Waals surface area contributed by atoms with Crippen LogP contribution in [-0.2, 0) is 0 Å². The molecule has 0 saturated carbocycles. The maximum atomic E-state index is 6.16. The predicted octanol–water partition coefficient (Wildman–Crippen LogP) is 6.21. The van der Waals surface area contributed by atoms with Gasteiger partial charge in [0.05, 0.1) is 16.1 Å². The highest BCUT2D eigenvalue weighted by molar-refractivity contribution is 9.10. The summed E-state index contributed by atoms with van der Waals surface area (Å²) < 4.78 is 1.14. The van der Waals surface area contributed by atoms with Crippen LogP contribution in [0.3, 0.4) is 0 Å². The van der Waals surface area contributed by atoms with Gasteiger partial charge in [-0.1, -0.05) is 36.2 Å². The molecular formula is C15H16BrCl2NS. The van der Waals surface area contributed by atoms with E-state index in [-0.39, 0.29) is 6.04 Å². The molecule has 1 atom stereocenters.